The average molecular weight is 486 g/mol. The standard InChI is InChI=1S/C29H34F3NO2/c1-5-6-7-18-34-27-17-10-22(21-8-15-26(16-9-21)35-29(30,31)32)19-23(27)20-33-25-13-11-24(12-14-25)28(2,3)4/h8-17,19,33H,5-7,18,20H2,1-4H3. The van der Waals surface area contributed by atoms with E-state index in [2.05, 4.69) is 62.0 Å². The lowest BCUT2D eigenvalue weighted by Gasteiger charge is -2.19. The Morgan fingerprint density at radius 1 is 0.800 bits per heavy atom. The molecule has 3 rings (SSSR count). The lowest BCUT2D eigenvalue weighted by molar-refractivity contribution is -0.274. The van der Waals surface area contributed by atoms with Crippen molar-refractivity contribution in [3.63, 3.8) is 0 Å². The predicted molar refractivity (Wildman–Crippen MR) is 136 cm³/mol. The van der Waals surface area contributed by atoms with Gasteiger partial charge < -0.3 is 14.8 Å². The first-order chi connectivity index (χ1) is 16.5. The first kappa shape index (κ1) is 26.5. The van der Waals surface area contributed by atoms with Crippen molar-refractivity contribution in [1.29, 1.82) is 0 Å². The van der Waals surface area contributed by atoms with E-state index < -0.39 is 6.36 Å². The third kappa shape index (κ3) is 8.23. The number of alkyl halides is 3. The Morgan fingerprint density at radius 2 is 1.46 bits per heavy atom. The van der Waals surface area contributed by atoms with E-state index in [-0.39, 0.29) is 11.2 Å². The zero-order valence-corrected chi connectivity index (χ0v) is 20.8. The molecule has 1 N–H and O–H groups in total. The van der Waals surface area contributed by atoms with E-state index in [1.807, 2.05) is 18.2 Å². The Balaban J connectivity index is 1.79. The summed E-state index contributed by atoms with van der Waals surface area (Å²) in [7, 11) is 0. The van der Waals surface area contributed by atoms with Gasteiger partial charge in [-0.05, 0) is 64.9 Å². The summed E-state index contributed by atoms with van der Waals surface area (Å²) in [6.45, 7) is 9.91. The van der Waals surface area contributed by atoms with Crippen LogP contribution in [0.3, 0.4) is 0 Å². The second-order valence-corrected chi connectivity index (χ2v) is 9.63. The van der Waals surface area contributed by atoms with E-state index in [4.69, 9.17) is 4.74 Å². The van der Waals surface area contributed by atoms with Crippen molar-refractivity contribution in [2.45, 2.75) is 65.3 Å². The molecule has 35 heavy (non-hydrogen) atoms. The summed E-state index contributed by atoms with van der Waals surface area (Å²) < 4.78 is 47.5. The minimum Gasteiger partial charge on any atom is -0.493 e. The van der Waals surface area contributed by atoms with Crippen LogP contribution in [0.1, 0.15) is 58.1 Å². The maximum absolute atomic E-state index is 12.5. The lowest BCUT2D eigenvalue weighted by Crippen LogP contribution is -2.16. The molecule has 0 spiro atoms. The second-order valence-electron chi connectivity index (χ2n) is 9.63. The van der Waals surface area contributed by atoms with Crippen molar-refractivity contribution >= 4 is 5.69 Å². The highest BCUT2D eigenvalue weighted by Gasteiger charge is 2.31. The van der Waals surface area contributed by atoms with Crippen LogP contribution in [-0.4, -0.2) is 13.0 Å². The molecule has 0 aliphatic carbocycles. The summed E-state index contributed by atoms with van der Waals surface area (Å²) in [4.78, 5) is 0. The van der Waals surface area contributed by atoms with Gasteiger partial charge in [-0.25, -0.2) is 0 Å². The molecule has 0 atom stereocenters. The number of unbranched alkanes of at least 4 members (excludes halogenated alkanes) is 2. The average Bonchev–Trinajstić information content (AvgIpc) is 2.80. The minimum absolute atomic E-state index is 0.0903. The second kappa shape index (κ2) is 11.5. The van der Waals surface area contributed by atoms with Crippen LogP contribution < -0.4 is 14.8 Å². The molecule has 0 fully saturated rings. The summed E-state index contributed by atoms with van der Waals surface area (Å²) in [5.41, 5.74) is 5.04. The van der Waals surface area contributed by atoms with Gasteiger partial charge in [-0.15, -0.1) is 13.2 Å². The fourth-order valence-corrected chi connectivity index (χ4v) is 3.71. The van der Waals surface area contributed by atoms with Crippen LogP contribution in [0.2, 0.25) is 0 Å². The van der Waals surface area contributed by atoms with Gasteiger partial charge in [0, 0.05) is 17.8 Å². The largest absolute Gasteiger partial charge is 0.573 e. The van der Waals surface area contributed by atoms with E-state index in [1.165, 1.54) is 17.7 Å². The maximum Gasteiger partial charge on any atom is 0.573 e. The molecule has 0 saturated heterocycles. The van der Waals surface area contributed by atoms with Gasteiger partial charge in [0.1, 0.15) is 11.5 Å². The van der Waals surface area contributed by atoms with Crippen LogP contribution in [0.5, 0.6) is 11.5 Å². The van der Waals surface area contributed by atoms with Crippen LogP contribution in [0, 0.1) is 0 Å². The first-order valence-corrected chi connectivity index (χ1v) is 12.0. The number of hydrogen-bond acceptors (Lipinski definition) is 3. The van der Waals surface area contributed by atoms with Crippen LogP contribution >= 0.6 is 0 Å². The van der Waals surface area contributed by atoms with Gasteiger partial charge >= 0.3 is 6.36 Å². The molecular formula is C29H34F3NO2. The van der Waals surface area contributed by atoms with Gasteiger partial charge in [-0.2, -0.15) is 0 Å². The number of ether oxygens (including phenoxy) is 2. The van der Waals surface area contributed by atoms with E-state index in [0.717, 1.165) is 47.4 Å². The molecule has 0 bridgehead atoms. The van der Waals surface area contributed by atoms with Crippen molar-refractivity contribution in [2.24, 2.45) is 0 Å². The topological polar surface area (TPSA) is 30.5 Å². The highest BCUT2D eigenvalue weighted by molar-refractivity contribution is 5.66. The summed E-state index contributed by atoms with van der Waals surface area (Å²) >= 11 is 0. The van der Waals surface area contributed by atoms with Crippen molar-refractivity contribution in [2.75, 3.05) is 11.9 Å². The highest BCUT2D eigenvalue weighted by Crippen LogP contribution is 2.31. The molecule has 188 valence electrons. The van der Waals surface area contributed by atoms with Crippen molar-refractivity contribution in [1.82, 2.24) is 0 Å². The van der Waals surface area contributed by atoms with Gasteiger partial charge in [0.15, 0.2) is 0 Å². The van der Waals surface area contributed by atoms with Crippen LogP contribution in [0.15, 0.2) is 66.7 Å². The minimum atomic E-state index is -4.71. The monoisotopic (exact) mass is 485 g/mol. The van der Waals surface area contributed by atoms with Gasteiger partial charge in [-0.1, -0.05) is 70.9 Å². The molecule has 0 amide bonds. The molecule has 6 heteroatoms. The lowest BCUT2D eigenvalue weighted by atomic mass is 9.87. The molecule has 3 nitrogen and oxygen atoms in total. The summed E-state index contributed by atoms with van der Waals surface area (Å²) in [5.74, 6) is 0.568. The van der Waals surface area contributed by atoms with Gasteiger partial charge in [-0.3, -0.25) is 0 Å². The molecular weight excluding hydrogens is 451 g/mol. The number of halogens is 3. The summed E-state index contributed by atoms with van der Waals surface area (Å²) in [5, 5.41) is 3.47. The number of rotatable bonds is 10. The maximum atomic E-state index is 12.5. The van der Waals surface area contributed by atoms with Crippen molar-refractivity contribution < 1.29 is 22.6 Å². The van der Waals surface area contributed by atoms with E-state index in [0.29, 0.717) is 13.2 Å². The zero-order valence-electron chi connectivity index (χ0n) is 20.8. The zero-order chi connectivity index (χ0) is 25.5. The van der Waals surface area contributed by atoms with Crippen LogP contribution in [0.4, 0.5) is 18.9 Å². The molecule has 3 aromatic rings. The number of anilines is 1. The fraction of sp³-hybridized carbons (Fsp3) is 0.379. The quantitative estimate of drug-likeness (QED) is 0.291. The molecule has 0 saturated carbocycles. The Kier molecular flexibility index (Phi) is 8.71. The molecule has 0 heterocycles. The number of benzene rings is 3. The van der Waals surface area contributed by atoms with E-state index >= 15 is 0 Å². The van der Waals surface area contributed by atoms with E-state index in [9.17, 15) is 13.2 Å². The Morgan fingerprint density at radius 3 is 2.06 bits per heavy atom. The number of nitrogens with one attached hydrogen (secondary N) is 1. The molecule has 0 radical (unpaired) electrons. The SMILES string of the molecule is CCCCCOc1ccc(-c2ccc(OC(F)(F)F)cc2)cc1CNc1ccc(C(C)(C)C)cc1. The molecule has 0 unspecified atom stereocenters. The van der Waals surface area contributed by atoms with Crippen LogP contribution in [0.25, 0.3) is 11.1 Å². The van der Waals surface area contributed by atoms with Crippen molar-refractivity contribution in [3.8, 4) is 22.6 Å². The highest BCUT2D eigenvalue weighted by atomic mass is 19.4. The van der Waals surface area contributed by atoms with Crippen molar-refractivity contribution in [3.05, 3.63) is 77.9 Å². The third-order valence-corrected chi connectivity index (χ3v) is 5.72. The predicted octanol–water partition coefficient (Wildman–Crippen LogP) is 8.73. The normalized spacial score (nSPS) is 11.9. The van der Waals surface area contributed by atoms with Gasteiger partial charge in [0.05, 0.1) is 6.61 Å². The molecule has 0 aliphatic heterocycles. The molecule has 0 aliphatic rings. The smallest absolute Gasteiger partial charge is 0.493 e. The first-order valence-electron chi connectivity index (χ1n) is 12.0. The summed E-state index contributed by atoms with van der Waals surface area (Å²) in [6.07, 6.45) is -1.49. The Labute approximate surface area is 206 Å². The Bertz CT molecular complexity index is 1070. The van der Waals surface area contributed by atoms with Gasteiger partial charge in [0.2, 0.25) is 0 Å². The molecule has 3 aromatic carbocycles. The van der Waals surface area contributed by atoms with Crippen LogP contribution in [-0.2, 0) is 12.0 Å². The number of hydrogen-bond donors (Lipinski definition) is 1. The van der Waals surface area contributed by atoms with Gasteiger partial charge in [0.25, 0.3) is 0 Å². The van der Waals surface area contributed by atoms with E-state index in [1.54, 1.807) is 12.1 Å². The Hall–Kier alpha value is -3.15. The fourth-order valence-electron chi connectivity index (χ4n) is 3.71. The third-order valence-electron chi connectivity index (χ3n) is 5.72. The molecule has 0 aromatic heterocycles. The summed E-state index contributed by atoms with van der Waals surface area (Å²) in [6, 6.07) is 20.2.